The van der Waals surface area contributed by atoms with E-state index < -0.39 is 9.84 Å². The van der Waals surface area contributed by atoms with Crippen molar-refractivity contribution in [1.29, 1.82) is 0 Å². The lowest BCUT2D eigenvalue weighted by Gasteiger charge is -2.20. The summed E-state index contributed by atoms with van der Waals surface area (Å²) >= 11 is 0. The summed E-state index contributed by atoms with van der Waals surface area (Å²) in [5.74, 6) is 1.34. The zero-order valence-corrected chi connectivity index (χ0v) is 18.2. The topological polar surface area (TPSA) is 83.7 Å². The number of hydrogen-bond donors (Lipinski definition) is 2. The van der Waals surface area contributed by atoms with Crippen LogP contribution in [0.4, 0.5) is 0 Å². The third kappa shape index (κ3) is 6.99. The molecule has 1 aromatic heterocycles. The van der Waals surface area contributed by atoms with Crippen LogP contribution in [0.1, 0.15) is 26.0 Å². The van der Waals surface area contributed by atoms with Gasteiger partial charge in [-0.2, -0.15) is 0 Å². The molecule has 1 unspecified atom stereocenters. The van der Waals surface area contributed by atoms with Gasteiger partial charge in [-0.25, -0.2) is 13.4 Å². The number of furan rings is 1. The third-order valence-corrected chi connectivity index (χ3v) is 5.51. The maximum atomic E-state index is 12.6. The molecule has 0 aliphatic rings. The number of nitrogens with one attached hydrogen (secondary N) is 2. The van der Waals surface area contributed by atoms with Gasteiger partial charge in [0, 0.05) is 12.6 Å². The number of benzene rings is 1. The minimum absolute atomic E-state index is 0. The lowest BCUT2D eigenvalue weighted by molar-refractivity contribution is 0.511. The van der Waals surface area contributed by atoms with Gasteiger partial charge in [-0.1, -0.05) is 25.1 Å². The van der Waals surface area contributed by atoms with Gasteiger partial charge in [0.2, 0.25) is 0 Å². The molecule has 0 spiro atoms. The first-order valence-corrected chi connectivity index (χ1v) is 10.1. The average molecular weight is 491 g/mol. The second-order valence-corrected chi connectivity index (χ2v) is 7.65. The summed E-state index contributed by atoms with van der Waals surface area (Å²) in [6.45, 7) is 5.00. The van der Waals surface area contributed by atoms with Crippen molar-refractivity contribution in [2.45, 2.75) is 37.8 Å². The van der Waals surface area contributed by atoms with Crippen LogP contribution in [0, 0.1) is 0 Å². The SMILES string of the molecule is CCNC(=NCc1ccco1)NC(CC)CS(=O)(=O)c1ccccc1.I. The molecule has 1 atom stereocenters. The number of sulfone groups is 1. The Morgan fingerprint density at radius 3 is 2.46 bits per heavy atom. The van der Waals surface area contributed by atoms with E-state index in [1.165, 1.54) is 0 Å². The first-order chi connectivity index (χ1) is 12.0. The maximum Gasteiger partial charge on any atom is 0.191 e. The summed E-state index contributed by atoms with van der Waals surface area (Å²) in [5, 5.41) is 6.35. The predicted molar refractivity (Wildman–Crippen MR) is 115 cm³/mol. The van der Waals surface area contributed by atoms with Crippen molar-refractivity contribution < 1.29 is 12.8 Å². The van der Waals surface area contributed by atoms with Gasteiger partial charge in [-0.15, -0.1) is 24.0 Å². The highest BCUT2D eigenvalue weighted by molar-refractivity contribution is 14.0. The van der Waals surface area contributed by atoms with E-state index in [0.717, 1.165) is 5.76 Å². The van der Waals surface area contributed by atoms with E-state index in [0.29, 0.717) is 30.4 Å². The molecular formula is C18H26IN3O3S. The first-order valence-electron chi connectivity index (χ1n) is 8.40. The number of rotatable bonds is 8. The quantitative estimate of drug-likeness (QED) is 0.337. The van der Waals surface area contributed by atoms with Gasteiger partial charge < -0.3 is 15.1 Å². The Morgan fingerprint density at radius 1 is 1.15 bits per heavy atom. The fourth-order valence-electron chi connectivity index (χ4n) is 2.32. The minimum atomic E-state index is -3.35. The smallest absolute Gasteiger partial charge is 0.191 e. The van der Waals surface area contributed by atoms with Gasteiger partial charge in [0.25, 0.3) is 0 Å². The van der Waals surface area contributed by atoms with Gasteiger partial charge in [0.1, 0.15) is 12.3 Å². The van der Waals surface area contributed by atoms with Crippen LogP contribution in [0.15, 0.2) is 63.0 Å². The van der Waals surface area contributed by atoms with Gasteiger partial charge in [0.15, 0.2) is 15.8 Å². The summed E-state index contributed by atoms with van der Waals surface area (Å²) in [6, 6.07) is 11.9. The molecule has 0 saturated carbocycles. The zero-order valence-electron chi connectivity index (χ0n) is 15.0. The highest BCUT2D eigenvalue weighted by Crippen LogP contribution is 2.12. The summed E-state index contributed by atoms with van der Waals surface area (Å²) < 4.78 is 30.4. The molecule has 0 aliphatic carbocycles. The van der Waals surface area contributed by atoms with Crippen LogP contribution < -0.4 is 10.6 Å². The van der Waals surface area contributed by atoms with E-state index >= 15 is 0 Å². The minimum Gasteiger partial charge on any atom is -0.467 e. The maximum absolute atomic E-state index is 12.6. The van der Waals surface area contributed by atoms with E-state index in [1.807, 2.05) is 26.0 Å². The number of hydrogen-bond acceptors (Lipinski definition) is 4. The van der Waals surface area contributed by atoms with Crippen molar-refractivity contribution in [2.24, 2.45) is 4.99 Å². The third-order valence-electron chi connectivity index (χ3n) is 3.67. The molecule has 26 heavy (non-hydrogen) atoms. The fraction of sp³-hybridized carbons (Fsp3) is 0.389. The molecule has 2 rings (SSSR count). The van der Waals surface area contributed by atoms with Crippen molar-refractivity contribution in [3.05, 3.63) is 54.5 Å². The summed E-state index contributed by atoms with van der Waals surface area (Å²) in [6.07, 6.45) is 2.27. The molecule has 0 amide bonds. The molecule has 2 N–H and O–H groups in total. The monoisotopic (exact) mass is 491 g/mol. The van der Waals surface area contributed by atoms with E-state index in [2.05, 4.69) is 15.6 Å². The highest BCUT2D eigenvalue weighted by atomic mass is 127. The van der Waals surface area contributed by atoms with Gasteiger partial charge in [-0.05, 0) is 37.6 Å². The Hall–Kier alpha value is -1.55. The summed E-state index contributed by atoms with van der Waals surface area (Å²) in [4.78, 5) is 4.79. The molecule has 8 heteroatoms. The Balaban J connectivity index is 0.00000338. The van der Waals surface area contributed by atoms with Crippen molar-refractivity contribution >= 4 is 39.8 Å². The van der Waals surface area contributed by atoms with Gasteiger partial charge >= 0.3 is 0 Å². The van der Waals surface area contributed by atoms with E-state index in [-0.39, 0.29) is 35.8 Å². The Labute approximate surface area is 172 Å². The van der Waals surface area contributed by atoms with E-state index in [1.54, 1.807) is 36.6 Å². The van der Waals surface area contributed by atoms with E-state index in [4.69, 9.17) is 4.42 Å². The van der Waals surface area contributed by atoms with E-state index in [9.17, 15) is 8.42 Å². The summed E-state index contributed by atoms with van der Waals surface area (Å²) in [7, 11) is -3.35. The van der Waals surface area contributed by atoms with Crippen LogP contribution in [-0.2, 0) is 16.4 Å². The first kappa shape index (κ1) is 22.5. The van der Waals surface area contributed by atoms with Crippen LogP contribution in [-0.4, -0.2) is 32.7 Å². The zero-order chi connectivity index (χ0) is 18.1. The number of nitrogens with zero attached hydrogens (tertiary/aromatic N) is 1. The fourth-order valence-corrected chi connectivity index (χ4v) is 3.94. The number of halogens is 1. The lowest BCUT2D eigenvalue weighted by Crippen LogP contribution is -2.46. The van der Waals surface area contributed by atoms with Gasteiger partial charge in [-0.3, -0.25) is 0 Å². The van der Waals surface area contributed by atoms with Crippen molar-refractivity contribution in [2.75, 3.05) is 12.3 Å². The summed E-state index contributed by atoms with van der Waals surface area (Å²) in [5.41, 5.74) is 0. The largest absolute Gasteiger partial charge is 0.467 e. The second kappa shape index (κ2) is 11.2. The number of guanidine groups is 1. The molecule has 0 saturated heterocycles. The van der Waals surface area contributed by atoms with Crippen LogP contribution in [0.2, 0.25) is 0 Å². The van der Waals surface area contributed by atoms with Crippen molar-refractivity contribution in [3.8, 4) is 0 Å². The normalized spacial score (nSPS) is 12.9. The molecule has 2 aromatic rings. The predicted octanol–water partition coefficient (Wildman–Crippen LogP) is 3.21. The van der Waals surface area contributed by atoms with Crippen molar-refractivity contribution in [3.63, 3.8) is 0 Å². The Morgan fingerprint density at radius 2 is 1.88 bits per heavy atom. The molecular weight excluding hydrogens is 465 g/mol. The van der Waals surface area contributed by atoms with Crippen LogP contribution >= 0.6 is 24.0 Å². The Bertz CT molecular complexity index is 762. The molecule has 144 valence electrons. The molecule has 0 aliphatic heterocycles. The molecule has 6 nitrogen and oxygen atoms in total. The Kier molecular flexibility index (Phi) is 9.71. The standard InChI is InChI=1S/C18H25N3O3S.HI/c1-3-15(14-25(22,23)17-10-6-5-7-11-17)21-18(19-4-2)20-13-16-9-8-12-24-16;/h5-12,15H,3-4,13-14H2,1-2H3,(H2,19,20,21);1H. The molecule has 1 heterocycles. The molecule has 0 bridgehead atoms. The second-order valence-electron chi connectivity index (χ2n) is 5.62. The molecule has 1 aromatic carbocycles. The average Bonchev–Trinajstić information content (AvgIpc) is 3.13. The number of aliphatic imine (C=N–C) groups is 1. The van der Waals surface area contributed by atoms with Crippen LogP contribution in [0.25, 0.3) is 0 Å². The van der Waals surface area contributed by atoms with Crippen molar-refractivity contribution in [1.82, 2.24) is 10.6 Å². The highest BCUT2D eigenvalue weighted by Gasteiger charge is 2.20. The lowest BCUT2D eigenvalue weighted by atomic mass is 10.3. The van der Waals surface area contributed by atoms with Crippen LogP contribution in [0.5, 0.6) is 0 Å². The van der Waals surface area contributed by atoms with Crippen LogP contribution in [0.3, 0.4) is 0 Å². The van der Waals surface area contributed by atoms with Gasteiger partial charge in [0.05, 0.1) is 16.9 Å². The molecule has 0 fully saturated rings. The molecule has 0 radical (unpaired) electrons.